The van der Waals surface area contributed by atoms with Gasteiger partial charge in [0.15, 0.2) is 0 Å². The lowest BCUT2D eigenvalue weighted by molar-refractivity contribution is 0.214. The summed E-state index contributed by atoms with van der Waals surface area (Å²) < 4.78 is 160. The third-order valence-corrected chi connectivity index (χ3v) is 42.5. The van der Waals surface area contributed by atoms with Crippen molar-refractivity contribution in [2.45, 2.75) is 218 Å². The largest absolute Gasteiger partial charge is 0.497 e. The maximum Gasteiger partial charge on any atom is 0.265 e. The normalized spacial score (nSPS) is 12.7. The Kier molecular flexibility index (Phi) is 34.9. The van der Waals surface area contributed by atoms with E-state index in [1.165, 1.54) is 84.0 Å². The fourth-order valence-electron chi connectivity index (χ4n) is 14.7. The van der Waals surface area contributed by atoms with E-state index < -0.39 is 72.6 Å². The molecule has 0 saturated heterocycles. The van der Waals surface area contributed by atoms with E-state index in [1.807, 2.05) is 49.4 Å². The highest BCUT2D eigenvalue weighted by atomic mass is 32.2. The van der Waals surface area contributed by atoms with E-state index in [1.54, 1.807) is 98.1 Å². The lowest BCUT2D eigenvalue weighted by Gasteiger charge is -2.30. The van der Waals surface area contributed by atoms with Crippen molar-refractivity contribution in [3.63, 3.8) is 0 Å². The third kappa shape index (κ3) is 26.1. The topological polar surface area (TPSA) is 232 Å². The fraction of sp³-hybridized carbons (Fsp3) is 0.413. The van der Waals surface area contributed by atoms with Crippen LogP contribution in [0.4, 0.5) is 0 Å². The van der Waals surface area contributed by atoms with Crippen molar-refractivity contribution >= 4 is 84.5 Å². The number of benzene rings is 8. The molecule has 0 aliphatic rings. The number of hydrogen-bond acceptors (Lipinski definition) is 16. The minimum Gasteiger partial charge on any atom is -0.497 e. The highest BCUT2D eigenvalue weighted by Gasteiger charge is 2.32. The van der Waals surface area contributed by atoms with Crippen LogP contribution in [0, 0.1) is 0 Å². The molecule has 0 aliphatic carbocycles. The molecular weight excluding hydrogens is 1610 g/mol. The van der Waals surface area contributed by atoms with E-state index in [9.17, 15) is 42.8 Å². The van der Waals surface area contributed by atoms with Crippen molar-refractivity contribution < 1.29 is 71.2 Å². The van der Waals surface area contributed by atoms with Crippen LogP contribution in [-0.2, 0) is 74.1 Å². The van der Waals surface area contributed by atoms with Crippen LogP contribution in [0.15, 0.2) is 221 Å². The lowest BCUT2D eigenvalue weighted by atomic mass is 9.76. The maximum absolute atomic E-state index is 14.5. The molecule has 0 heterocycles. The molecule has 0 unspecified atom stereocenters. The molecule has 8 aromatic carbocycles. The number of methoxy groups -OCH3 is 1. The van der Waals surface area contributed by atoms with Crippen molar-refractivity contribution in [2.24, 2.45) is 0 Å². The smallest absolute Gasteiger partial charge is 0.265 e. The molecule has 8 rings (SSSR count). The van der Waals surface area contributed by atoms with Gasteiger partial charge in [-0.1, -0.05) is 186 Å². The zero-order chi connectivity index (χ0) is 84.5. The predicted octanol–water partition coefficient (Wildman–Crippen LogP) is 24.4. The van der Waals surface area contributed by atoms with Gasteiger partial charge in [0.05, 0.1) is 67.6 Å². The molecule has 24 heteroatoms. The molecule has 0 spiro atoms. The van der Waals surface area contributed by atoms with E-state index in [-0.39, 0.29) is 37.5 Å². The summed E-state index contributed by atoms with van der Waals surface area (Å²) in [5.74, 6) is 5.34. The van der Waals surface area contributed by atoms with Crippen LogP contribution in [0.5, 0.6) is 46.0 Å². The minimum atomic E-state index is -4.21. The molecule has 16 nitrogen and oxygen atoms in total. The first-order valence-electron chi connectivity index (χ1n) is 40.5. The van der Waals surface area contributed by atoms with Crippen LogP contribution >= 0.6 is 23.5 Å². The Balaban J connectivity index is 1.02. The fourth-order valence-corrected chi connectivity index (χ4v) is 27.6. The number of rotatable bonds is 50. The second-order valence-electron chi connectivity index (χ2n) is 30.9. The van der Waals surface area contributed by atoms with Gasteiger partial charge < -0.3 is 28.4 Å². The van der Waals surface area contributed by atoms with Gasteiger partial charge >= 0.3 is 0 Å². The summed E-state index contributed by atoms with van der Waals surface area (Å²) in [5, 5.41) is 0. The number of thioether (sulfide) groups is 2. The van der Waals surface area contributed by atoms with Gasteiger partial charge in [-0.15, -0.1) is 11.8 Å². The zero-order valence-electron chi connectivity index (χ0n) is 69.8. The van der Waals surface area contributed by atoms with Crippen molar-refractivity contribution in [2.75, 3.05) is 43.3 Å². The van der Waals surface area contributed by atoms with E-state index in [2.05, 4.69) is 119 Å². The Morgan fingerprint density at radius 2 is 0.819 bits per heavy atom. The molecule has 628 valence electrons. The van der Waals surface area contributed by atoms with Gasteiger partial charge in [-0.3, -0.25) is 9.11 Å². The lowest BCUT2D eigenvalue weighted by Crippen LogP contribution is -2.31. The Bertz CT molecular complexity index is 5060. The van der Waals surface area contributed by atoms with Gasteiger partial charge in [-0.2, -0.15) is 28.6 Å². The van der Waals surface area contributed by atoms with E-state index >= 15 is 0 Å². The minimum absolute atomic E-state index is 0.0603. The summed E-state index contributed by atoms with van der Waals surface area (Å²) in [5.41, 5.74) is 6.58. The monoisotopic (exact) mass is 1730 g/mol. The summed E-state index contributed by atoms with van der Waals surface area (Å²) in [4.78, 5) is 1.06. The Labute approximate surface area is 703 Å². The first kappa shape index (κ1) is 94.1. The second kappa shape index (κ2) is 43.0. The molecule has 2 N–H and O–H groups in total. The van der Waals surface area contributed by atoms with Gasteiger partial charge in [-0.05, 0) is 231 Å². The summed E-state index contributed by atoms with van der Waals surface area (Å²) in [6.07, 6.45) is 11.0. The highest BCUT2D eigenvalue weighted by Crippen LogP contribution is 2.44. The predicted molar refractivity (Wildman–Crippen MR) is 483 cm³/mol. The maximum atomic E-state index is 14.5. The van der Waals surface area contributed by atoms with Crippen LogP contribution in [0.3, 0.4) is 0 Å². The molecule has 116 heavy (non-hydrogen) atoms. The molecule has 0 fully saturated rings. The van der Waals surface area contributed by atoms with Crippen molar-refractivity contribution in [3.8, 4) is 46.0 Å². The first-order chi connectivity index (χ1) is 55.1. The zero-order valence-corrected chi connectivity index (χ0v) is 76.7. The number of sulfone groups is 2. The summed E-state index contributed by atoms with van der Waals surface area (Å²) in [6, 6.07) is 60.4. The third-order valence-electron chi connectivity index (χ3n) is 23.2. The van der Waals surface area contributed by atoms with Crippen molar-refractivity contribution in [1.82, 2.24) is 0 Å². The van der Waals surface area contributed by atoms with Crippen LogP contribution in [0.1, 0.15) is 166 Å². The Morgan fingerprint density at radius 1 is 0.448 bits per heavy atom. The average Bonchev–Trinajstić information content (AvgIpc) is 0.778. The summed E-state index contributed by atoms with van der Waals surface area (Å²) in [6.45, 7) is 33.8. The standard InChI is InChI=1S/C92H120O16S6Si2/c1-15-77(16-2)104-56-25-23-24-26-57-105-90-55-35-76(67-86(90)69(9)110-59-61-112(96,97)98)92(12,13)75-34-54-89(72(66-75)68-109-58-29-60-111(93,94)95)108-81-42-50-85(51-43-81)114(101,102)84-48-40-80(41-49-84)107-88-53-33-74(65-71(88)31-28-63-116(20-6,21-7)22-8)91(10,11)73-32-52-87(70(64-73)30-27-62-115(17-3,18-4)19-5)106-79-38-46-83(47-39-79)113(99,100)82-44-36-78(103-14)37-45-82/h15-16,32-55,64-67H,1,9,17-31,56-63,68H2,2-8,10-14H3,(H,93,94,95)(H,96,97,98)/b77-16+. The van der Waals surface area contributed by atoms with Gasteiger partial charge in [0, 0.05) is 38.4 Å². The van der Waals surface area contributed by atoms with Crippen molar-refractivity contribution in [3.05, 3.63) is 245 Å². The van der Waals surface area contributed by atoms with Crippen LogP contribution < -0.4 is 23.7 Å². The highest BCUT2D eigenvalue weighted by molar-refractivity contribution is 8.08. The quantitative estimate of drug-likeness (QED) is 0.0119. The number of hydrogen-bond donors (Lipinski definition) is 2. The molecule has 0 amide bonds. The molecule has 0 bridgehead atoms. The molecular formula is C92H120O16S6Si2. The van der Waals surface area contributed by atoms with Gasteiger partial charge in [0.2, 0.25) is 19.7 Å². The summed E-state index contributed by atoms with van der Waals surface area (Å²) >= 11 is 2.69. The molecule has 0 aromatic heterocycles. The average molecular weight is 1730 g/mol. The van der Waals surface area contributed by atoms with E-state index in [4.69, 9.17) is 28.4 Å². The number of ether oxygens (including phenoxy) is 6. The second-order valence-corrected chi connectivity index (χ2v) is 51.5. The van der Waals surface area contributed by atoms with Gasteiger partial charge in [-0.25, -0.2) is 16.8 Å². The van der Waals surface area contributed by atoms with Crippen LogP contribution in [-0.4, -0.2) is 102 Å². The van der Waals surface area contributed by atoms with Gasteiger partial charge in [0.1, 0.15) is 51.8 Å². The number of aryl methyl sites for hydroxylation is 2. The number of unbranched alkanes of at least 4 members (excludes halogenated alkanes) is 3. The number of allylic oxidation sites excluding steroid dienone is 2. The molecule has 0 saturated carbocycles. The van der Waals surface area contributed by atoms with E-state index in [0.29, 0.717) is 75.4 Å². The molecule has 0 radical (unpaired) electrons. The summed E-state index contributed by atoms with van der Waals surface area (Å²) in [7, 11) is -17.6. The Hall–Kier alpha value is -7.37. The Morgan fingerprint density at radius 3 is 1.20 bits per heavy atom. The SMILES string of the molecule is C=C/C(=C\C)OCCCCCCOc1ccc(C(C)(C)c2ccc(Oc3ccc(S(=O)(=O)c4ccc(Oc5ccc(C(C)(C)c6ccc(Oc7ccc(S(=O)(=O)c8ccc(OC)cc8)cc7)c(CCC[Si](CC)(CC)CC)c6)cc5CCC[Si](CC)(CC)CC)cc4)cc3)c(CSCCCS(=O)(=O)O)c2)cc1C(=C)SCCS(=O)(=O)O. The van der Waals surface area contributed by atoms with Crippen molar-refractivity contribution in [1.29, 1.82) is 0 Å². The van der Waals surface area contributed by atoms with E-state index in [0.717, 1.165) is 102 Å². The van der Waals surface area contributed by atoms with Gasteiger partial charge in [0.25, 0.3) is 20.2 Å². The molecule has 8 aromatic rings. The molecule has 0 atom stereocenters. The first-order valence-corrected chi connectivity index (χ1v) is 54.5. The van der Waals surface area contributed by atoms with Crippen LogP contribution in [0.25, 0.3) is 4.91 Å². The van der Waals surface area contributed by atoms with Crippen LogP contribution in [0.2, 0.25) is 48.4 Å². The molecule has 0 aliphatic heterocycles.